The van der Waals surface area contributed by atoms with Crippen LogP contribution in [-0.4, -0.2) is 47.8 Å². The van der Waals surface area contributed by atoms with Gasteiger partial charge in [0.2, 0.25) is 5.91 Å². The molecule has 1 saturated heterocycles. The van der Waals surface area contributed by atoms with Crippen molar-refractivity contribution in [1.82, 2.24) is 9.80 Å². The number of aryl methyl sites for hydroxylation is 1. The quantitative estimate of drug-likeness (QED) is 0.788. The SMILES string of the molecule is Cc1cc(Br)oc1C(=O)N1CCN(C(=O)C2CCCCC2)CC1. The molecule has 2 heterocycles. The fourth-order valence-electron chi connectivity index (χ4n) is 3.54. The van der Waals surface area contributed by atoms with Gasteiger partial charge in [0.1, 0.15) is 0 Å². The van der Waals surface area contributed by atoms with E-state index in [1.54, 1.807) is 11.0 Å². The minimum absolute atomic E-state index is 0.0852. The van der Waals surface area contributed by atoms with Crippen molar-refractivity contribution < 1.29 is 14.0 Å². The number of rotatable bonds is 2. The number of carbonyl (C=O) groups excluding carboxylic acids is 2. The molecule has 1 aliphatic carbocycles. The predicted octanol–water partition coefficient (Wildman–Crippen LogP) is 3.22. The number of halogens is 1. The van der Waals surface area contributed by atoms with Crippen molar-refractivity contribution in [2.24, 2.45) is 5.92 Å². The molecule has 1 aromatic rings. The number of amides is 2. The van der Waals surface area contributed by atoms with E-state index in [-0.39, 0.29) is 17.7 Å². The first kappa shape index (κ1) is 16.6. The zero-order chi connectivity index (χ0) is 16.4. The number of carbonyl (C=O) groups is 2. The minimum atomic E-state index is -0.0852. The van der Waals surface area contributed by atoms with Crippen LogP contribution in [0.25, 0.3) is 0 Å². The van der Waals surface area contributed by atoms with Crippen LogP contribution in [0.5, 0.6) is 0 Å². The Morgan fingerprint density at radius 3 is 2.26 bits per heavy atom. The lowest BCUT2D eigenvalue weighted by atomic mass is 9.88. The third kappa shape index (κ3) is 3.62. The molecule has 0 bridgehead atoms. The van der Waals surface area contributed by atoms with Crippen molar-refractivity contribution in [2.45, 2.75) is 39.0 Å². The number of nitrogens with zero attached hydrogens (tertiary/aromatic N) is 2. The normalized spacial score (nSPS) is 19.9. The average molecular weight is 383 g/mol. The molecular weight excluding hydrogens is 360 g/mol. The van der Waals surface area contributed by atoms with Crippen LogP contribution in [0.2, 0.25) is 0 Å². The second-order valence-electron chi connectivity index (χ2n) is 6.52. The maximum atomic E-state index is 12.6. The third-order valence-corrected chi connectivity index (χ3v) is 5.31. The standard InChI is InChI=1S/C17H23BrN2O3/c1-12-11-14(18)23-15(12)17(22)20-9-7-19(8-10-20)16(21)13-5-3-2-4-6-13/h11,13H,2-10H2,1H3. The van der Waals surface area contributed by atoms with Gasteiger partial charge in [-0.05, 0) is 41.8 Å². The number of piperazine rings is 1. The molecule has 3 rings (SSSR count). The molecule has 0 atom stereocenters. The Balaban J connectivity index is 1.56. The Bertz CT molecular complexity index is 585. The van der Waals surface area contributed by atoms with Crippen molar-refractivity contribution >= 4 is 27.7 Å². The number of hydrogen-bond donors (Lipinski definition) is 0. The van der Waals surface area contributed by atoms with E-state index < -0.39 is 0 Å². The fraction of sp³-hybridized carbons (Fsp3) is 0.647. The van der Waals surface area contributed by atoms with Crippen molar-refractivity contribution in [2.75, 3.05) is 26.2 Å². The van der Waals surface area contributed by atoms with Crippen molar-refractivity contribution in [3.05, 3.63) is 22.1 Å². The molecule has 1 aromatic heterocycles. The fourth-order valence-corrected chi connectivity index (χ4v) is 4.04. The lowest BCUT2D eigenvalue weighted by Crippen LogP contribution is -2.52. The van der Waals surface area contributed by atoms with Crippen LogP contribution in [0, 0.1) is 12.8 Å². The molecule has 0 unspecified atom stereocenters. The van der Waals surface area contributed by atoms with Crippen LogP contribution in [-0.2, 0) is 4.79 Å². The maximum Gasteiger partial charge on any atom is 0.290 e. The highest BCUT2D eigenvalue weighted by atomic mass is 79.9. The van der Waals surface area contributed by atoms with Gasteiger partial charge in [0.25, 0.3) is 5.91 Å². The molecular formula is C17H23BrN2O3. The molecule has 0 aromatic carbocycles. The largest absolute Gasteiger partial charge is 0.444 e. The van der Waals surface area contributed by atoms with Crippen molar-refractivity contribution in [1.29, 1.82) is 0 Å². The Kier molecular flexibility index (Phi) is 5.09. The van der Waals surface area contributed by atoms with Crippen molar-refractivity contribution in [3.8, 4) is 0 Å². The summed E-state index contributed by atoms with van der Waals surface area (Å²) in [5, 5.41) is 0. The van der Waals surface area contributed by atoms with E-state index in [4.69, 9.17) is 4.42 Å². The topological polar surface area (TPSA) is 53.8 Å². The van der Waals surface area contributed by atoms with Gasteiger partial charge in [-0.15, -0.1) is 0 Å². The highest BCUT2D eigenvalue weighted by Gasteiger charge is 2.31. The summed E-state index contributed by atoms with van der Waals surface area (Å²) in [6, 6.07) is 1.80. The van der Waals surface area contributed by atoms with Crippen LogP contribution in [0.1, 0.15) is 48.2 Å². The van der Waals surface area contributed by atoms with E-state index in [0.29, 0.717) is 36.6 Å². The number of furan rings is 1. The van der Waals surface area contributed by atoms with E-state index >= 15 is 0 Å². The van der Waals surface area contributed by atoms with Gasteiger partial charge in [-0.2, -0.15) is 0 Å². The summed E-state index contributed by atoms with van der Waals surface area (Å²) in [7, 11) is 0. The summed E-state index contributed by atoms with van der Waals surface area (Å²) in [5.74, 6) is 0.796. The van der Waals surface area contributed by atoms with Crippen LogP contribution in [0.4, 0.5) is 0 Å². The van der Waals surface area contributed by atoms with Crippen molar-refractivity contribution in [3.63, 3.8) is 0 Å². The lowest BCUT2D eigenvalue weighted by molar-refractivity contribution is -0.138. The smallest absolute Gasteiger partial charge is 0.290 e. The predicted molar refractivity (Wildman–Crippen MR) is 90.2 cm³/mol. The van der Waals surface area contributed by atoms with E-state index in [1.165, 1.54) is 19.3 Å². The molecule has 0 N–H and O–H groups in total. The molecule has 0 radical (unpaired) electrons. The van der Waals surface area contributed by atoms with Crippen LogP contribution >= 0.6 is 15.9 Å². The molecule has 2 amide bonds. The van der Waals surface area contributed by atoms with Gasteiger partial charge < -0.3 is 14.2 Å². The molecule has 1 saturated carbocycles. The summed E-state index contributed by atoms with van der Waals surface area (Å²) in [6.07, 6.45) is 5.64. The zero-order valence-electron chi connectivity index (χ0n) is 13.5. The molecule has 5 nitrogen and oxygen atoms in total. The number of hydrogen-bond acceptors (Lipinski definition) is 3. The van der Waals surface area contributed by atoms with E-state index in [2.05, 4.69) is 15.9 Å². The Morgan fingerprint density at radius 1 is 1.09 bits per heavy atom. The second-order valence-corrected chi connectivity index (χ2v) is 7.30. The maximum absolute atomic E-state index is 12.6. The molecule has 126 valence electrons. The Morgan fingerprint density at radius 2 is 1.70 bits per heavy atom. The minimum Gasteiger partial charge on any atom is -0.444 e. The van der Waals surface area contributed by atoms with Gasteiger partial charge in [-0.1, -0.05) is 19.3 Å². The zero-order valence-corrected chi connectivity index (χ0v) is 15.1. The first-order chi connectivity index (χ1) is 11.1. The van der Waals surface area contributed by atoms with Gasteiger partial charge in [0, 0.05) is 37.7 Å². The first-order valence-corrected chi connectivity index (χ1v) is 9.19. The van der Waals surface area contributed by atoms with Crippen LogP contribution in [0.15, 0.2) is 15.2 Å². The highest BCUT2D eigenvalue weighted by Crippen LogP contribution is 2.26. The summed E-state index contributed by atoms with van der Waals surface area (Å²) in [6.45, 7) is 4.28. The lowest BCUT2D eigenvalue weighted by Gasteiger charge is -2.36. The Labute approximate surface area is 145 Å². The first-order valence-electron chi connectivity index (χ1n) is 8.40. The average Bonchev–Trinajstić information content (AvgIpc) is 2.93. The monoisotopic (exact) mass is 382 g/mol. The third-order valence-electron chi connectivity index (χ3n) is 4.91. The molecule has 6 heteroatoms. The highest BCUT2D eigenvalue weighted by molar-refractivity contribution is 9.10. The molecule has 2 aliphatic rings. The summed E-state index contributed by atoms with van der Waals surface area (Å²) < 4.78 is 6.02. The van der Waals surface area contributed by atoms with Crippen LogP contribution in [0.3, 0.4) is 0 Å². The molecule has 0 spiro atoms. The molecule has 2 fully saturated rings. The van der Waals surface area contributed by atoms with Gasteiger partial charge in [-0.25, -0.2) is 0 Å². The van der Waals surface area contributed by atoms with E-state index in [1.807, 2.05) is 11.8 Å². The van der Waals surface area contributed by atoms with E-state index in [0.717, 1.165) is 18.4 Å². The summed E-state index contributed by atoms with van der Waals surface area (Å²) in [5.41, 5.74) is 0.836. The van der Waals surface area contributed by atoms with Gasteiger partial charge >= 0.3 is 0 Å². The summed E-state index contributed by atoms with van der Waals surface area (Å²) >= 11 is 3.26. The molecule has 1 aliphatic heterocycles. The molecule has 23 heavy (non-hydrogen) atoms. The Hall–Kier alpha value is -1.30. The van der Waals surface area contributed by atoms with Gasteiger partial charge in [0.05, 0.1) is 0 Å². The summed E-state index contributed by atoms with van der Waals surface area (Å²) in [4.78, 5) is 28.8. The second kappa shape index (κ2) is 7.07. The van der Waals surface area contributed by atoms with Crippen LogP contribution < -0.4 is 0 Å². The van der Waals surface area contributed by atoms with E-state index in [9.17, 15) is 9.59 Å². The van der Waals surface area contributed by atoms with Gasteiger partial charge in [-0.3, -0.25) is 9.59 Å². The van der Waals surface area contributed by atoms with Gasteiger partial charge in [0.15, 0.2) is 10.4 Å².